The number of ether oxygens (including phenoxy) is 1. The number of anilines is 1. The Labute approximate surface area is 164 Å². The number of hydrogen-bond acceptors (Lipinski definition) is 6. The third kappa shape index (κ3) is 5.21. The smallest absolute Gasteiger partial charge is 0.341 e. The van der Waals surface area contributed by atoms with Gasteiger partial charge >= 0.3 is 5.97 Å². The number of carbonyl (C=O) groups is 2. The van der Waals surface area contributed by atoms with Crippen molar-refractivity contribution < 1.29 is 19.2 Å². The number of nitro groups is 1. The number of carbonyl (C=O) groups excluding carboxylic acids is 2. The Kier molecular flexibility index (Phi) is 6.84. The predicted octanol–water partition coefficient (Wildman–Crippen LogP) is 3.05. The molecule has 1 aliphatic heterocycles. The van der Waals surface area contributed by atoms with Gasteiger partial charge in [-0.25, -0.2) is 4.79 Å². The summed E-state index contributed by atoms with van der Waals surface area (Å²) in [7, 11) is 0. The van der Waals surface area contributed by atoms with Crippen LogP contribution in [0, 0.1) is 16.0 Å². The van der Waals surface area contributed by atoms with Crippen LogP contribution in [0.3, 0.4) is 0 Å². The van der Waals surface area contributed by atoms with E-state index >= 15 is 0 Å². The summed E-state index contributed by atoms with van der Waals surface area (Å²) in [6.07, 6.45) is 7.90. The highest BCUT2D eigenvalue weighted by Gasteiger charge is 2.24. The van der Waals surface area contributed by atoms with Crippen LogP contribution in [0.2, 0.25) is 0 Å². The summed E-state index contributed by atoms with van der Waals surface area (Å²) in [5.41, 5.74) is 0.587. The summed E-state index contributed by atoms with van der Waals surface area (Å²) in [6, 6.07) is 4.21. The van der Waals surface area contributed by atoms with Crippen molar-refractivity contribution in [3.05, 3.63) is 33.9 Å². The first kappa shape index (κ1) is 20.1. The average molecular weight is 389 g/mol. The number of nitro benzene ring substituents is 1. The summed E-state index contributed by atoms with van der Waals surface area (Å²) in [5, 5.41) is 13.9. The van der Waals surface area contributed by atoms with E-state index in [0.717, 1.165) is 38.8 Å². The molecule has 1 N–H and O–H groups in total. The zero-order chi connectivity index (χ0) is 19.9. The lowest BCUT2D eigenvalue weighted by Gasteiger charge is -2.22. The fraction of sp³-hybridized carbons (Fsp3) is 0.600. The minimum absolute atomic E-state index is 0.135. The maximum atomic E-state index is 12.6. The van der Waals surface area contributed by atoms with Crippen molar-refractivity contribution in [2.75, 3.05) is 31.1 Å². The van der Waals surface area contributed by atoms with Crippen LogP contribution in [-0.2, 0) is 9.53 Å². The molecule has 1 saturated carbocycles. The Morgan fingerprint density at radius 2 is 1.86 bits per heavy atom. The number of hydrogen-bond donors (Lipinski definition) is 1. The Morgan fingerprint density at radius 1 is 1.14 bits per heavy atom. The van der Waals surface area contributed by atoms with Crippen LogP contribution in [0.15, 0.2) is 18.2 Å². The summed E-state index contributed by atoms with van der Waals surface area (Å²) in [6.45, 7) is 1.81. The van der Waals surface area contributed by atoms with Gasteiger partial charge in [-0.3, -0.25) is 14.9 Å². The van der Waals surface area contributed by atoms with E-state index < -0.39 is 10.9 Å². The molecule has 0 spiro atoms. The van der Waals surface area contributed by atoms with E-state index in [-0.39, 0.29) is 23.8 Å². The highest BCUT2D eigenvalue weighted by Crippen LogP contribution is 2.29. The quantitative estimate of drug-likeness (QED) is 0.437. The molecule has 1 aliphatic carbocycles. The number of benzene rings is 1. The first-order chi connectivity index (χ1) is 13.5. The van der Waals surface area contributed by atoms with Crippen molar-refractivity contribution in [2.45, 2.75) is 44.9 Å². The lowest BCUT2D eigenvalue weighted by atomic mass is 9.89. The van der Waals surface area contributed by atoms with Crippen molar-refractivity contribution in [1.29, 1.82) is 0 Å². The molecule has 0 atom stereocenters. The Morgan fingerprint density at radius 3 is 2.54 bits per heavy atom. The normalized spacial score (nSPS) is 17.4. The third-order valence-electron chi connectivity index (χ3n) is 5.50. The van der Waals surface area contributed by atoms with E-state index in [1.807, 2.05) is 4.90 Å². The molecule has 152 valence electrons. The number of rotatable bonds is 7. The molecule has 0 bridgehead atoms. The van der Waals surface area contributed by atoms with Crippen molar-refractivity contribution in [1.82, 2.24) is 5.32 Å². The molecule has 1 heterocycles. The van der Waals surface area contributed by atoms with Gasteiger partial charge in [0, 0.05) is 31.8 Å². The van der Waals surface area contributed by atoms with E-state index in [1.165, 1.54) is 31.4 Å². The van der Waals surface area contributed by atoms with Gasteiger partial charge in [0.05, 0.1) is 16.2 Å². The van der Waals surface area contributed by atoms with Crippen molar-refractivity contribution in [3.8, 4) is 0 Å². The average Bonchev–Trinajstić information content (AvgIpc) is 3.25. The molecule has 0 radical (unpaired) electrons. The summed E-state index contributed by atoms with van der Waals surface area (Å²) in [4.78, 5) is 37.1. The van der Waals surface area contributed by atoms with Gasteiger partial charge in [-0.05, 0) is 37.7 Å². The van der Waals surface area contributed by atoms with Gasteiger partial charge in [-0.15, -0.1) is 0 Å². The van der Waals surface area contributed by atoms with Crippen LogP contribution >= 0.6 is 0 Å². The molecule has 0 unspecified atom stereocenters. The molecule has 2 aliphatic rings. The second-order valence-corrected chi connectivity index (χ2v) is 7.54. The molecule has 2 fully saturated rings. The summed E-state index contributed by atoms with van der Waals surface area (Å²) in [5.74, 6) is -0.558. The molecule has 1 aromatic rings. The predicted molar refractivity (Wildman–Crippen MR) is 104 cm³/mol. The van der Waals surface area contributed by atoms with Crippen molar-refractivity contribution >= 4 is 23.3 Å². The second kappa shape index (κ2) is 9.52. The SMILES string of the molecule is O=C(COC(=O)c1cc([N+](=O)[O-])ccc1N1CCCC1)NCC1CCCCC1. The molecule has 1 amide bonds. The molecular weight excluding hydrogens is 362 g/mol. The largest absolute Gasteiger partial charge is 0.452 e. The standard InChI is InChI=1S/C20H27N3O5/c24-19(21-13-15-6-2-1-3-7-15)14-28-20(25)17-12-16(23(26)27)8-9-18(17)22-10-4-5-11-22/h8-9,12,15H,1-7,10-11,13-14H2,(H,21,24). The van der Waals surface area contributed by atoms with E-state index in [0.29, 0.717) is 18.2 Å². The third-order valence-corrected chi connectivity index (χ3v) is 5.50. The minimum atomic E-state index is -0.710. The topological polar surface area (TPSA) is 102 Å². The highest BCUT2D eigenvalue weighted by atomic mass is 16.6. The van der Waals surface area contributed by atoms with E-state index in [9.17, 15) is 19.7 Å². The van der Waals surface area contributed by atoms with Gasteiger partial charge in [-0.1, -0.05) is 19.3 Å². The van der Waals surface area contributed by atoms with Gasteiger partial charge in [0.15, 0.2) is 6.61 Å². The Hall–Kier alpha value is -2.64. The minimum Gasteiger partial charge on any atom is -0.452 e. The van der Waals surface area contributed by atoms with Crippen LogP contribution in [0.5, 0.6) is 0 Å². The molecule has 1 aromatic carbocycles. The van der Waals surface area contributed by atoms with Gasteiger partial charge in [0.1, 0.15) is 0 Å². The maximum absolute atomic E-state index is 12.6. The first-order valence-corrected chi connectivity index (χ1v) is 10.0. The maximum Gasteiger partial charge on any atom is 0.341 e. The molecule has 28 heavy (non-hydrogen) atoms. The van der Waals surface area contributed by atoms with Crippen molar-refractivity contribution in [2.24, 2.45) is 5.92 Å². The van der Waals surface area contributed by atoms with Gasteiger partial charge < -0.3 is 15.0 Å². The van der Waals surface area contributed by atoms with E-state index in [2.05, 4.69) is 5.32 Å². The number of amides is 1. The summed E-state index contributed by atoms with van der Waals surface area (Å²) < 4.78 is 5.16. The summed E-state index contributed by atoms with van der Waals surface area (Å²) >= 11 is 0. The van der Waals surface area contributed by atoms with E-state index in [4.69, 9.17) is 4.74 Å². The number of non-ortho nitro benzene ring substituents is 1. The lowest BCUT2D eigenvalue weighted by Crippen LogP contribution is -2.33. The van der Waals surface area contributed by atoms with E-state index in [1.54, 1.807) is 6.07 Å². The lowest BCUT2D eigenvalue weighted by molar-refractivity contribution is -0.384. The first-order valence-electron chi connectivity index (χ1n) is 10.0. The van der Waals surface area contributed by atoms with Crippen LogP contribution in [-0.4, -0.2) is 43.0 Å². The molecule has 3 rings (SSSR count). The number of nitrogens with zero attached hydrogens (tertiary/aromatic N) is 2. The fourth-order valence-electron chi connectivity index (χ4n) is 3.94. The van der Waals surface area contributed by atoms with Crippen LogP contribution in [0.25, 0.3) is 0 Å². The monoisotopic (exact) mass is 389 g/mol. The highest BCUT2D eigenvalue weighted by molar-refractivity contribution is 5.97. The molecule has 1 saturated heterocycles. The van der Waals surface area contributed by atoms with Gasteiger partial charge in [0.25, 0.3) is 11.6 Å². The van der Waals surface area contributed by atoms with Gasteiger partial charge in [0.2, 0.25) is 0 Å². The zero-order valence-electron chi connectivity index (χ0n) is 16.0. The zero-order valence-corrected chi connectivity index (χ0v) is 16.0. The van der Waals surface area contributed by atoms with Crippen LogP contribution in [0.4, 0.5) is 11.4 Å². The number of esters is 1. The molecule has 8 heteroatoms. The van der Waals surface area contributed by atoms with Gasteiger partial charge in [-0.2, -0.15) is 0 Å². The van der Waals surface area contributed by atoms with Crippen molar-refractivity contribution in [3.63, 3.8) is 0 Å². The van der Waals surface area contributed by atoms with Crippen LogP contribution < -0.4 is 10.2 Å². The van der Waals surface area contributed by atoms with Crippen LogP contribution in [0.1, 0.15) is 55.3 Å². The second-order valence-electron chi connectivity index (χ2n) is 7.54. The number of nitrogens with one attached hydrogen (secondary N) is 1. The Bertz CT molecular complexity index is 725. The molecule has 0 aromatic heterocycles. The Balaban J connectivity index is 1.59. The fourth-order valence-corrected chi connectivity index (χ4v) is 3.94. The molecular formula is C20H27N3O5. The molecule has 8 nitrogen and oxygen atoms in total.